The second-order valence-corrected chi connectivity index (χ2v) is 10.2. The van der Waals surface area contributed by atoms with Crippen LogP contribution in [0.2, 0.25) is 0 Å². The maximum absolute atomic E-state index is 13.2. The van der Waals surface area contributed by atoms with Gasteiger partial charge < -0.3 is 4.98 Å². The van der Waals surface area contributed by atoms with E-state index in [-0.39, 0.29) is 11.6 Å². The molecule has 36 heavy (non-hydrogen) atoms. The number of thiophene rings is 1. The molecule has 2 aromatic carbocycles. The molecular formula is C28H30N6OS. The Morgan fingerprint density at radius 2 is 1.89 bits per heavy atom. The fourth-order valence-electron chi connectivity index (χ4n) is 4.71. The Labute approximate surface area is 214 Å². The summed E-state index contributed by atoms with van der Waals surface area (Å²) >= 11 is 1.72. The average Bonchev–Trinajstić information content (AvgIpc) is 3.56. The SMILES string of the molecule is CC[C@@H](c1nnnn1Cc1ccccc1)N(Cc1cccs1)Cc1cc2ccc(C)c(C)c2[nH]c1=O. The van der Waals surface area contributed by atoms with Gasteiger partial charge >= 0.3 is 0 Å². The maximum Gasteiger partial charge on any atom is 0.252 e. The van der Waals surface area contributed by atoms with Crippen LogP contribution < -0.4 is 5.56 Å². The third-order valence-electron chi connectivity index (χ3n) is 6.80. The van der Waals surface area contributed by atoms with Crippen molar-refractivity contribution in [3.63, 3.8) is 0 Å². The van der Waals surface area contributed by atoms with Crippen LogP contribution in [0.4, 0.5) is 0 Å². The summed E-state index contributed by atoms with van der Waals surface area (Å²) in [7, 11) is 0. The predicted octanol–water partition coefficient (Wildman–Crippen LogP) is 5.39. The van der Waals surface area contributed by atoms with Gasteiger partial charge in [0.2, 0.25) is 0 Å². The number of pyridine rings is 1. The molecule has 0 aliphatic rings. The quantitative estimate of drug-likeness (QED) is 0.295. The number of aryl methyl sites for hydroxylation is 2. The number of aromatic nitrogens is 5. The van der Waals surface area contributed by atoms with Crippen LogP contribution in [0.5, 0.6) is 0 Å². The molecule has 0 unspecified atom stereocenters. The Bertz CT molecular complexity index is 1510. The summed E-state index contributed by atoms with van der Waals surface area (Å²) < 4.78 is 1.88. The summed E-state index contributed by atoms with van der Waals surface area (Å²) in [5.41, 5.74) is 5.02. The van der Waals surface area contributed by atoms with Crippen molar-refractivity contribution < 1.29 is 0 Å². The van der Waals surface area contributed by atoms with Gasteiger partial charge in [-0.05, 0) is 70.3 Å². The Kier molecular flexibility index (Phi) is 7.06. The number of rotatable bonds is 9. The zero-order valence-corrected chi connectivity index (χ0v) is 21.6. The molecule has 1 atom stereocenters. The van der Waals surface area contributed by atoms with E-state index in [1.54, 1.807) is 11.3 Å². The van der Waals surface area contributed by atoms with Crippen molar-refractivity contribution in [3.05, 3.63) is 109 Å². The lowest BCUT2D eigenvalue weighted by molar-refractivity contribution is 0.163. The monoisotopic (exact) mass is 498 g/mol. The van der Waals surface area contributed by atoms with E-state index in [2.05, 4.69) is 88.0 Å². The molecule has 0 fully saturated rings. The van der Waals surface area contributed by atoms with Gasteiger partial charge in [-0.2, -0.15) is 0 Å². The van der Waals surface area contributed by atoms with Gasteiger partial charge in [0.25, 0.3) is 5.56 Å². The minimum absolute atomic E-state index is 0.0499. The fourth-order valence-corrected chi connectivity index (χ4v) is 5.44. The molecule has 0 saturated heterocycles. The smallest absolute Gasteiger partial charge is 0.252 e. The Balaban J connectivity index is 1.51. The van der Waals surface area contributed by atoms with Gasteiger partial charge in [0, 0.05) is 23.5 Å². The molecule has 184 valence electrons. The molecule has 3 heterocycles. The molecule has 0 bridgehead atoms. The first-order chi connectivity index (χ1) is 17.5. The highest BCUT2D eigenvalue weighted by atomic mass is 32.1. The van der Waals surface area contributed by atoms with Crippen molar-refractivity contribution in [1.29, 1.82) is 0 Å². The van der Waals surface area contributed by atoms with Crippen LogP contribution >= 0.6 is 11.3 Å². The van der Waals surface area contributed by atoms with Crippen LogP contribution in [0, 0.1) is 13.8 Å². The number of benzene rings is 2. The Hall–Kier alpha value is -3.62. The molecule has 7 nitrogen and oxygen atoms in total. The third-order valence-corrected chi connectivity index (χ3v) is 7.66. The van der Waals surface area contributed by atoms with Crippen molar-refractivity contribution >= 4 is 22.2 Å². The first kappa shape index (κ1) is 24.1. The zero-order valence-electron chi connectivity index (χ0n) is 20.8. The molecule has 0 radical (unpaired) electrons. The highest BCUT2D eigenvalue weighted by molar-refractivity contribution is 7.09. The predicted molar refractivity (Wildman–Crippen MR) is 144 cm³/mol. The number of nitrogens with one attached hydrogen (secondary N) is 1. The Morgan fingerprint density at radius 3 is 2.64 bits per heavy atom. The van der Waals surface area contributed by atoms with Crippen LogP contribution in [-0.4, -0.2) is 30.1 Å². The van der Waals surface area contributed by atoms with Gasteiger partial charge in [-0.3, -0.25) is 9.69 Å². The summed E-state index contributed by atoms with van der Waals surface area (Å²) in [5.74, 6) is 0.807. The zero-order chi connectivity index (χ0) is 25.1. The third kappa shape index (κ3) is 5.01. The van der Waals surface area contributed by atoms with Gasteiger partial charge in [-0.25, -0.2) is 4.68 Å². The molecule has 0 amide bonds. The lowest BCUT2D eigenvalue weighted by Gasteiger charge is -2.30. The van der Waals surface area contributed by atoms with Crippen LogP contribution in [0.3, 0.4) is 0 Å². The molecular weight excluding hydrogens is 468 g/mol. The van der Waals surface area contributed by atoms with Crippen molar-refractivity contribution in [2.75, 3.05) is 0 Å². The molecule has 0 aliphatic heterocycles. The minimum atomic E-state index is -0.0549. The number of hydrogen-bond acceptors (Lipinski definition) is 6. The van der Waals surface area contributed by atoms with E-state index in [0.717, 1.165) is 39.8 Å². The highest BCUT2D eigenvalue weighted by Crippen LogP contribution is 2.28. The minimum Gasteiger partial charge on any atom is -0.321 e. The molecule has 8 heteroatoms. The summed E-state index contributed by atoms with van der Waals surface area (Å²) in [4.78, 5) is 19.9. The van der Waals surface area contributed by atoms with Crippen LogP contribution in [0.1, 0.15) is 52.3 Å². The summed E-state index contributed by atoms with van der Waals surface area (Å²) in [6.07, 6.45) is 0.810. The maximum atomic E-state index is 13.2. The second kappa shape index (κ2) is 10.6. The normalized spacial score (nSPS) is 12.4. The van der Waals surface area contributed by atoms with E-state index >= 15 is 0 Å². The summed E-state index contributed by atoms with van der Waals surface area (Å²) in [5, 5.41) is 15.9. The number of aromatic amines is 1. The standard InChI is InChI=1S/C28H30N6OS/c1-4-25(27-30-31-32-34(27)16-21-9-6-5-7-10-21)33(18-24-11-8-14-36-24)17-23-15-22-13-12-19(2)20(3)26(22)29-28(23)35/h5-15,25H,4,16-18H2,1-3H3,(H,29,35)/t25-/m0/s1. The first-order valence-corrected chi connectivity index (χ1v) is 13.1. The number of hydrogen-bond donors (Lipinski definition) is 1. The topological polar surface area (TPSA) is 79.7 Å². The van der Waals surface area contributed by atoms with Crippen molar-refractivity contribution in [3.8, 4) is 0 Å². The molecule has 0 spiro atoms. The molecule has 0 saturated carbocycles. The number of tetrazole rings is 1. The van der Waals surface area contributed by atoms with Crippen molar-refractivity contribution in [2.45, 2.75) is 52.9 Å². The van der Waals surface area contributed by atoms with Crippen molar-refractivity contribution in [2.24, 2.45) is 0 Å². The van der Waals surface area contributed by atoms with Gasteiger partial charge in [0.15, 0.2) is 5.82 Å². The van der Waals surface area contributed by atoms with E-state index in [1.165, 1.54) is 10.4 Å². The average molecular weight is 499 g/mol. The summed E-state index contributed by atoms with van der Waals surface area (Å²) in [6, 6.07) is 20.6. The van der Waals surface area contributed by atoms with E-state index in [1.807, 2.05) is 28.9 Å². The first-order valence-electron chi connectivity index (χ1n) is 12.2. The lowest BCUT2D eigenvalue weighted by atomic mass is 10.0. The second-order valence-electron chi connectivity index (χ2n) is 9.18. The van der Waals surface area contributed by atoms with Gasteiger partial charge in [0.05, 0.1) is 18.1 Å². The molecule has 5 aromatic rings. The van der Waals surface area contributed by atoms with Gasteiger partial charge in [-0.1, -0.05) is 55.5 Å². The number of H-pyrrole nitrogens is 1. The number of nitrogens with zero attached hydrogens (tertiary/aromatic N) is 5. The van der Waals surface area contributed by atoms with Gasteiger partial charge in [0.1, 0.15) is 0 Å². The number of fused-ring (bicyclic) bond motifs is 1. The molecule has 5 rings (SSSR count). The largest absolute Gasteiger partial charge is 0.321 e. The van der Waals surface area contributed by atoms with Crippen molar-refractivity contribution in [1.82, 2.24) is 30.1 Å². The summed E-state index contributed by atoms with van der Waals surface area (Å²) in [6.45, 7) is 8.06. The van der Waals surface area contributed by atoms with Crippen LogP contribution in [0.25, 0.3) is 10.9 Å². The van der Waals surface area contributed by atoms with E-state index in [9.17, 15) is 4.79 Å². The van der Waals surface area contributed by atoms with E-state index in [4.69, 9.17) is 0 Å². The van der Waals surface area contributed by atoms with Crippen LogP contribution in [0.15, 0.2) is 70.8 Å². The lowest BCUT2D eigenvalue weighted by Crippen LogP contribution is -2.32. The Morgan fingerprint density at radius 1 is 1.06 bits per heavy atom. The van der Waals surface area contributed by atoms with E-state index < -0.39 is 0 Å². The fraction of sp³-hybridized carbons (Fsp3) is 0.286. The van der Waals surface area contributed by atoms with Gasteiger partial charge in [-0.15, -0.1) is 16.4 Å². The van der Waals surface area contributed by atoms with Crippen LogP contribution in [-0.2, 0) is 19.6 Å². The molecule has 3 aromatic heterocycles. The van der Waals surface area contributed by atoms with E-state index in [0.29, 0.717) is 19.6 Å². The molecule has 0 aliphatic carbocycles. The molecule has 1 N–H and O–H groups in total. The highest BCUT2D eigenvalue weighted by Gasteiger charge is 2.26.